The van der Waals surface area contributed by atoms with Crippen molar-refractivity contribution >= 4 is 29.1 Å². The molecule has 0 saturated heterocycles. The van der Waals surface area contributed by atoms with Gasteiger partial charge in [0.1, 0.15) is 5.75 Å². The Morgan fingerprint density at radius 2 is 1.78 bits per heavy atom. The molecule has 0 radical (unpaired) electrons. The molecule has 0 spiro atoms. The Labute approximate surface area is 141 Å². The van der Waals surface area contributed by atoms with Gasteiger partial charge in [-0.25, -0.2) is 0 Å². The Morgan fingerprint density at radius 1 is 1.09 bits per heavy atom. The van der Waals surface area contributed by atoms with Gasteiger partial charge in [-0.15, -0.1) is 0 Å². The van der Waals surface area contributed by atoms with Gasteiger partial charge in [0.25, 0.3) is 0 Å². The standard InChI is InChI=1S/C19H18ClNO2/c1-3-21(4-2)15-8-5-13(6-9-15)11-18-19(22)16-12-14(20)7-10-17(16)23-18/h5-12H,3-4H2,1-2H3/b18-11-. The van der Waals surface area contributed by atoms with Crippen LogP contribution < -0.4 is 9.64 Å². The molecular formula is C19H18ClNO2. The Kier molecular flexibility index (Phi) is 4.39. The number of halogens is 1. The molecule has 118 valence electrons. The average molecular weight is 328 g/mol. The van der Waals surface area contributed by atoms with Crippen LogP contribution in [0.2, 0.25) is 5.02 Å². The van der Waals surface area contributed by atoms with Crippen LogP contribution in [-0.4, -0.2) is 18.9 Å². The van der Waals surface area contributed by atoms with Crippen LogP contribution in [0.5, 0.6) is 5.75 Å². The Morgan fingerprint density at radius 3 is 2.43 bits per heavy atom. The molecule has 0 unspecified atom stereocenters. The number of rotatable bonds is 4. The van der Waals surface area contributed by atoms with Crippen LogP contribution in [0.25, 0.3) is 6.08 Å². The fraction of sp³-hybridized carbons (Fsp3) is 0.211. The van der Waals surface area contributed by atoms with Gasteiger partial charge in [0.15, 0.2) is 5.76 Å². The van der Waals surface area contributed by atoms with Crippen LogP contribution in [0.1, 0.15) is 29.8 Å². The molecule has 1 aliphatic heterocycles. The smallest absolute Gasteiger partial charge is 0.232 e. The lowest BCUT2D eigenvalue weighted by Gasteiger charge is -2.20. The molecule has 23 heavy (non-hydrogen) atoms. The maximum absolute atomic E-state index is 12.4. The molecule has 2 aromatic carbocycles. The molecule has 0 atom stereocenters. The van der Waals surface area contributed by atoms with E-state index in [1.54, 1.807) is 24.3 Å². The van der Waals surface area contributed by atoms with Crippen molar-refractivity contribution in [1.29, 1.82) is 0 Å². The molecule has 0 aromatic heterocycles. The second-order valence-electron chi connectivity index (χ2n) is 5.34. The summed E-state index contributed by atoms with van der Waals surface area (Å²) < 4.78 is 5.64. The largest absolute Gasteiger partial charge is 0.452 e. The van der Waals surface area contributed by atoms with Crippen LogP contribution in [-0.2, 0) is 0 Å². The Balaban J connectivity index is 1.84. The third kappa shape index (κ3) is 3.10. The van der Waals surface area contributed by atoms with Crippen LogP contribution in [0, 0.1) is 0 Å². The van der Waals surface area contributed by atoms with Gasteiger partial charge >= 0.3 is 0 Å². The zero-order valence-corrected chi connectivity index (χ0v) is 13.9. The highest BCUT2D eigenvalue weighted by molar-refractivity contribution is 6.31. The topological polar surface area (TPSA) is 29.5 Å². The molecule has 3 nitrogen and oxygen atoms in total. The van der Waals surface area contributed by atoms with E-state index in [4.69, 9.17) is 16.3 Å². The van der Waals surface area contributed by atoms with Gasteiger partial charge in [0.2, 0.25) is 5.78 Å². The number of nitrogens with zero attached hydrogens (tertiary/aromatic N) is 1. The number of Topliss-reactive ketones (excluding diaryl/α,β-unsaturated/α-hetero) is 1. The summed E-state index contributed by atoms with van der Waals surface area (Å²) in [5.41, 5.74) is 2.62. The number of benzene rings is 2. The van der Waals surface area contributed by atoms with Crippen LogP contribution >= 0.6 is 11.6 Å². The van der Waals surface area contributed by atoms with Crippen molar-refractivity contribution in [3.8, 4) is 5.75 Å². The third-order valence-electron chi connectivity index (χ3n) is 3.95. The number of hydrogen-bond acceptors (Lipinski definition) is 3. The fourth-order valence-corrected chi connectivity index (χ4v) is 2.85. The van der Waals surface area contributed by atoms with E-state index in [1.807, 2.05) is 12.1 Å². The lowest BCUT2D eigenvalue weighted by Crippen LogP contribution is -2.21. The first-order valence-electron chi connectivity index (χ1n) is 7.71. The summed E-state index contributed by atoms with van der Waals surface area (Å²) in [5, 5.41) is 0.533. The maximum Gasteiger partial charge on any atom is 0.232 e. The molecule has 0 bridgehead atoms. The molecular weight excluding hydrogens is 310 g/mol. The first-order valence-corrected chi connectivity index (χ1v) is 8.09. The summed E-state index contributed by atoms with van der Waals surface area (Å²) in [6, 6.07) is 13.2. The fourth-order valence-electron chi connectivity index (χ4n) is 2.68. The molecule has 0 N–H and O–H groups in total. The normalized spacial score (nSPS) is 14.7. The average Bonchev–Trinajstić information content (AvgIpc) is 2.86. The second-order valence-corrected chi connectivity index (χ2v) is 5.78. The number of ketones is 1. The molecule has 1 heterocycles. The highest BCUT2D eigenvalue weighted by Crippen LogP contribution is 2.33. The zero-order valence-electron chi connectivity index (χ0n) is 13.2. The minimum absolute atomic E-state index is 0.129. The number of anilines is 1. The third-order valence-corrected chi connectivity index (χ3v) is 4.18. The highest BCUT2D eigenvalue weighted by atomic mass is 35.5. The first-order chi connectivity index (χ1) is 11.1. The summed E-state index contributed by atoms with van der Waals surface area (Å²) >= 11 is 5.94. The van der Waals surface area contributed by atoms with E-state index in [-0.39, 0.29) is 5.78 Å². The number of hydrogen-bond donors (Lipinski definition) is 0. The van der Waals surface area contributed by atoms with E-state index in [2.05, 4.69) is 30.9 Å². The first kappa shape index (κ1) is 15.6. The predicted molar refractivity (Wildman–Crippen MR) is 94.4 cm³/mol. The van der Waals surface area contributed by atoms with Gasteiger partial charge in [-0.05, 0) is 55.8 Å². The van der Waals surface area contributed by atoms with E-state index in [0.29, 0.717) is 22.1 Å². The van der Waals surface area contributed by atoms with E-state index in [9.17, 15) is 4.79 Å². The van der Waals surface area contributed by atoms with Crippen molar-refractivity contribution in [3.63, 3.8) is 0 Å². The SMILES string of the molecule is CCN(CC)c1ccc(/C=C2\Oc3ccc(Cl)cc3C2=O)cc1. The number of fused-ring (bicyclic) bond motifs is 1. The van der Waals surface area contributed by atoms with Crippen molar-refractivity contribution in [1.82, 2.24) is 0 Å². The van der Waals surface area contributed by atoms with E-state index >= 15 is 0 Å². The van der Waals surface area contributed by atoms with Gasteiger partial charge in [-0.1, -0.05) is 23.7 Å². The Bertz CT molecular complexity index is 761. The van der Waals surface area contributed by atoms with Crippen LogP contribution in [0.15, 0.2) is 48.2 Å². The minimum atomic E-state index is -0.129. The second kappa shape index (κ2) is 6.47. The minimum Gasteiger partial charge on any atom is -0.452 e. The maximum atomic E-state index is 12.4. The van der Waals surface area contributed by atoms with Gasteiger partial charge in [0.05, 0.1) is 5.56 Å². The monoisotopic (exact) mass is 327 g/mol. The molecule has 3 rings (SSSR count). The lowest BCUT2D eigenvalue weighted by molar-refractivity contribution is 0.101. The summed E-state index contributed by atoms with van der Waals surface area (Å²) in [4.78, 5) is 14.6. The molecule has 0 saturated carbocycles. The molecule has 1 aliphatic rings. The van der Waals surface area contributed by atoms with Gasteiger partial charge in [-0.2, -0.15) is 0 Å². The van der Waals surface area contributed by atoms with E-state index < -0.39 is 0 Å². The summed E-state index contributed by atoms with van der Waals surface area (Å²) in [6.45, 7) is 6.20. The van der Waals surface area contributed by atoms with Gasteiger partial charge < -0.3 is 9.64 Å². The van der Waals surface area contributed by atoms with E-state index in [1.165, 1.54) is 5.69 Å². The molecule has 0 amide bonds. The summed E-state index contributed by atoms with van der Waals surface area (Å²) in [6.07, 6.45) is 1.77. The number of carbonyl (C=O) groups is 1. The molecule has 0 fully saturated rings. The quantitative estimate of drug-likeness (QED) is 0.755. The van der Waals surface area contributed by atoms with Crippen molar-refractivity contribution in [2.45, 2.75) is 13.8 Å². The number of ether oxygens (including phenoxy) is 1. The van der Waals surface area contributed by atoms with Gasteiger partial charge in [0, 0.05) is 23.8 Å². The molecule has 4 heteroatoms. The highest BCUT2D eigenvalue weighted by Gasteiger charge is 2.27. The van der Waals surface area contributed by atoms with Crippen molar-refractivity contribution in [2.75, 3.05) is 18.0 Å². The van der Waals surface area contributed by atoms with E-state index in [0.717, 1.165) is 18.7 Å². The predicted octanol–water partition coefficient (Wildman–Crippen LogP) is 4.80. The van der Waals surface area contributed by atoms with Crippen molar-refractivity contribution in [3.05, 3.63) is 64.4 Å². The van der Waals surface area contributed by atoms with Crippen LogP contribution in [0.3, 0.4) is 0 Å². The summed E-state index contributed by atoms with van der Waals surface area (Å²) in [5.74, 6) is 0.763. The van der Waals surface area contributed by atoms with Crippen molar-refractivity contribution < 1.29 is 9.53 Å². The van der Waals surface area contributed by atoms with Crippen molar-refractivity contribution in [2.24, 2.45) is 0 Å². The zero-order chi connectivity index (χ0) is 16.4. The lowest BCUT2D eigenvalue weighted by atomic mass is 10.1. The Hall–Kier alpha value is -2.26. The molecule has 2 aromatic rings. The number of allylic oxidation sites excluding steroid dienone is 1. The van der Waals surface area contributed by atoms with Gasteiger partial charge in [-0.3, -0.25) is 4.79 Å². The van der Waals surface area contributed by atoms with Crippen LogP contribution in [0.4, 0.5) is 5.69 Å². The summed E-state index contributed by atoms with van der Waals surface area (Å²) in [7, 11) is 0. The number of carbonyl (C=O) groups excluding carboxylic acids is 1. The molecule has 0 aliphatic carbocycles.